The van der Waals surface area contributed by atoms with Gasteiger partial charge in [0.2, 0.25) is 0 Å². The van der Waals surface area contributed by atoms with Crippen molar-refractivity contribution < 1.29 is 4.79 Å². The van der Waals surface area contributed by atoms with Crippen LogP contribution in [0.15, 0.2) is 18.0 Å². The van der Waals surface area contributed by atoms with Crippen LogP contribution >= 0.6 is 0 Å². The summed E-state index contributed by atoms with van der Waals surface area (Å²) in [5, 5.41) is 3.03. The van der Waals surface area contributed by atoms with E-state index < -0.39 is 0 Å². The summed E-state index contributed by atoms with van der Waals surface area (Å²) in [7, 11) is 0. The number of rotatable bonds is 4. The number of carbonyl (C=O) groups is 1. The van der Waals surface area contributed by atoms with Gasteiger partial charge >= 0.3 is 0 Å². The zero-order valence-electron chi connectivity index (χ0n) is 12.5. The molecule has 1 aromatic rings. The van der Waals surface area contributed by atoms with Crippen molar-refractivity contribution in [3.63, 3.8) is 0 Å². The van der Waals surface area contributed by atoms with Crippen LogP contribution in [0, 0.1) is 0 Å². The van der Waals surface area contributed by atoms with E-state index in [9.17, 15) is 4.79 Å². The summed E-state index contributed by atoms with van der Waals surface area (Å²) in [6.45, 7) is 0.712. The van der Waals surface area contributed by atoms with Crippen molar-refractivity contribution in [1.29, 1.82) is 0 Å². The predicted molar refractivity (Wildman–Crippen MR) is 82.2 cm³/mol. The maximum atomic E-state index is 12.3. The molecule has 4 heteroatoms. The second-order valence-corrected chi connectivity index (χ2v) is 5.97. The molecule has 2 aliphatic rings. The molecule has 112 valence electrons. The highest BCUT2D eigenvalue weighted by molar-refractivity contribution is 5.93. The number of hydrogen-bond acceptors (Lipinski definition) is 3. The van der Waals surface area contributed by atoms with Crippen molar-refractivity contribution in [1.82, 2.24) is 15.3 Å². The van der Waals surface area contributed by atoms with E-state index in [-0.39, 0.29) is 5.91 Å². The standard InChI is InChI=1S/C17H23N3O/c21-17(18-11-10-13-6-2-1-3-7-13)16-14-8-4-5-9-15(14)19-12-20-16/h6,12H,1-5,7-11H2,(H,18,21). The molecule has 0 aliphatic heterocycles. The van der Waals surface area contributed by atoms with Crippen LogP contribution < -0.4 is 5.32 Å². The zero-order valence-corrected chi connectivity index (χ0v) is 12.5. The summed E-state index contributed by atoms with van der Waals surface area (Å²) >= 11 is 0. The predicted octanol–water partition coefficient (Wildman–Crippen LogP) is 2.98. The lowest BCUT2D eigenvalue weighted by Crippen LogP contribution is -2.28. The first-order valence-electron chi connectivity index (χ1n) is 8.13. The molecule has 0 unspecified atom stereocenters. The first-order chi connectivity index (χ1) is 10.3. The van der Waals surface area contributed by atoms with Gasteiger partial charge in [0, 0.05) is 17.8 Å². The second kappa shape index (κ2) is 6.83. The molecule has 1 N–H and O–H groups in total. The van der Waals surface area contributed by atoms with Crippen molar-refractivity contribution in [2.45, 2.75) is 57.8 Å². The lowest BCUT2D eigenvalue weighted by atomic mass is 9.94. The van der Waals surface area contributed by atoms with Crippen LogP contribution in [0.1, 0.15) is 66.7 Å². The number of nitrogens with one attached hydrogen (secondary N) is 1. The SMILES string of the molecule is O=C(NCCC1=CCCCC1)c1ncnc2c1CCCC2. The molecular weight excluding hydrogens is 262 g/mol. The monoisotopic (exact) mass is 285 g/mol. The van der Waals surface area contributed by atoms with Crippen LogP contribution in [0.25, 0.3) is 0 Å². The van der Waals surface area contributed by atoms with Crippen LogP contribution in [0.3, 0.4) is 0 Å². The fraction of sp³-hybridized carbons (Fsp3) is 0.588. The smallest absolute Gasteiger partial charge is 0.270 e. The first-order valence-corrected chi connectivity index (χ1v) is 8.13. The molecule has 1 aromatic heterocycles. The number of hydrogen-bond donors (Lipinski definition) is 1. The van der Waals surface area contributed by atoms with Gasteiger partial charge in [0.15, 0.2) is 0 Å². The minimum absolute atomic E-state index is 0.0352. The summed E-state index contributed by atoms with van der Waals surface area (Å²) in [5.74, 6) is -0.0352. The molecular formula is C17H23N3O. The number of nitrogens with zero attached hydrogens (tertiary/aromatic N) is 2. The number of fused-ring (bicyclic) bond motifs is 1. The van der Waals surface area contributed by atoms with E-state index in [4.69, 9.17) is 0 Å². The maximum Gasteiger partial charge on any atom is 0.270 e. The van der Waals surface area contributed by atoms with Crippen LogP contribution in [-0.2, 0) is 12.8 Å². The van der Waals surface area contributed by atoms with Gasteiger partial charge in [-0.2, -0.15) is 0 Å². The Kier molecular flexibility index (Phi) is 4.63. The van der Waals surface area contributed by atoms with E-state index in [1.165, 1.54) is 44.0 Å². The highest BCUT2D eigenvalue weighted by atomic mass is 16.1. The first kappa shape index (κ1) is 14.2. The zero-order chi connectivity index (χ0) is 14.5. The Bertz CT molecular complexity index is 551. The Hall–Kier alpha value is -1.71. The van der Waals surface area contributed by atoms with E-state index in [1.54, 1.807) is 0 Å². The van der Waals surface area contributed by atoms with Crippen molar-refractivity contribution in [3.8, 4) is 0 Å². The molecule has 0 aromatic carbocycles. The quantitative estimate of drug-likeness (QED) is 0.865. The summed E-state index contributed by atoms with van der Waals surface area (Å²) < 4.78 is 0. The highest BCUT2D eigenvalue weighted by Crippen LogP contribution is 2.22. The summed E-state index contributed by atoms with van der Waals surface area (Å²) in [4.78, 5) is 20.9. The lowest BCUT2D eigenvalue weighted by molar-refractivity contribution is 0.0947. The number of carbonyl (C=O) groups excluding carboxylic acids is 1. The van der Waals surface area contributed by atoms with Gasteiger partial charge < -0.3 is 5.32 Å². The Morgan fingerprint density at radius 1 is 1.10 bits per heavy atom. The Morgan fingerprint density at radius 2 is 1.95 bits per heavy atom. The van der Waals surface area contributed by atoms with Gasteiger partial charge in [-0.05, 0) is 57.8 Å². The largest absolute Gasteiger partial charge is 0.350 e. The fourth-order valence-corrected chi connectivity index (χ4v) is 3.27. The van der Waals surface area contributed by atoms with E-state index >= 15 is 0 Å². The Balaban J connectivity index is 1.59. The number of aryl methyl sites for hydroxylation is 1. The minimum Gasteiger partial charge on any atom is -0.350 e. The molecule has 2 aliphatic carbocycles. The molecule has 0 bridgehead atoms. The van der Waals surface area contributed by atoms with E-state index in [0.29, 0.717) is 12.2 Å². The molecule has 3 rings (SSSR count). The van der Waals surface area contributed by atoms with Crippen LogP contribution in [0.2, 0.25) is 0 Å². The molecule has 0 saturated carbocycles. The summed E-state index contributed by atoms with van der Waals surface area (Å²) in [6.07, 6.45) is 14.0. The molecule has 21 heavy (non-hydrogen) atoms. The van der Waals surface area contributed by atoms with Crippen LogP contribution in [0.4, 0.5) is 0 Å². The molecule has 0 spiro atoms. The van der Waals surface area contributed by atoms with Crippen molar-refractivity contribution in [2.75, 3.05) is 6.54 Å². The van der Waals surface area contributed by atoms with Crippen molar-refractivity contribution in [2.24, 2.45) is 0 Å². The summed E-state index contributed by atoms with van der Waals surface area (Å²) in [5.41, 5.74) is 4.22. The van der Waals surface area contributed by atoms with E-state index in [2.05, 4.69) is 21.4 Å². The minimum atomic E-state index is -0.0352. The molecule has 4 nitrogen and oxygen atoms in total. The number of amides is 1. The van der Waals surface area contributed by atoms with Gasteiger partial charge in [-0.1, -0.05) is 11.6 Å². The van der Waals surface area contributed by atoms with Gasteiger partial charge in [0.05, 0.1) is 0 Å². The van der Waals surface area contributed by atoms with Crippen LogP contribution in [0.5, 0.6) is 0 Å². The molecule has 1 heterocycles. The van der Waals surface area contributed by atoms with Crippen molar-refractivity contribution in [3.05, 3.63) is 34.9 Å². The van der Waals surface area contributed by atoms with Crippen molar-refractivity contribution >= 4 is 5.91 Å². The van der Waals surface area contributed by atoms with Gasteiger partial charge in [0.25, 0.3) is 5.91 Å². The highest BCUT2D eigenvalue weighted by Gasteiger charge is 2.19. The molecule has 0 fully saturated rings. The third-order valence-corrected chi connectivity index (χ3v) is 4.46. The topological polar surface area (TPSA) is 54.9 Å². The van der Waals surface area contributed by atoms with Gasteiger partial charge in [-0.15, -0.1) is 0 Å². The van der Waals surface area contributed by atoms with Gasteiger partial charge in [0.1, 0.15) is 12.0 Å². The van der Waals surface area contributed by atoms with Crippen LogP contribution in [-0.4, -0.2) is 22.4 Å². The normalized spacial score (nSPS) is 17.8. The fourth-order valence-electron chi connectivity index (χ4n) is 3.27. The summed E-state index contributed by atoms with van der Waals surface area (Å²) in [6, 6.07) is 0. The third kappa shape index (κ3) is 3.49. The van der Waals surface area contributed by atoms with E-state index in [1.807, 2.05) is 0 Å². The third-order valence-electron chi connectivity index (χ3n) is 4.46. The number of aromatic nitrogens is 2. The maximum absolute atomic E-state index is 12.3. The molecule has 0 saturated heterocycles. The Morgan fingerprint density at radius 3 is 2.81 bits per heavy atom. The van der Waals surface area contributed by atoms with E-state index in [0.717, 1.165) is 36.9 Å². The van der Waals surface area contributed by atoms with Gasteiger partial charge in [-0.3, -0.25) is 4.79 Å². The van der Waals surface area contributed by atoms with Gasteiger partial charge in [-0.25, -0.2) is 9.97 Å². The second-order valence-electron chi connectivity index (χ2n) is 5.97. The molecule has 1 amide bonds. The lowest BCUT2D eigenvalue weighted by Gasteiger charge is -2.17. The average molecular weight is 285 g/mol. The Labute approximate surface area is 126 Å². The molecule has 0 radical (unpaired) electrons. The molecule has 0 atom stereocenters. The average Bonchev–Trinajstić information content (AvgIpc) is 2.55. The number of allylic oxidation sites excluding steroid dienone is 1.